The molecule has 33 heavy (non-hydrogen) atoms. The number of hydrogen-bond acceptors (Lipinski definition) is 4. The van der Waals surface area contributed by atoms with Crippen molar-refractivity contribution in [3.05, 3.63) is 65.5 Å². The van der Waals surface area contributed by atoms with Gasteiger partial charge in [-0.3, -0.25) is 19.7 Å². The third-order valence-electron chi connectivity index (χ3n) is 6.61. The quantitative estimate of drug-likeness (QED) is 0.387. The summed E-state index contributed by atoms with van der Waals surface area (Å²) < 4.78 is 0. The van der Waals surface area contributed by atoms with E-state index in [0.29, 0.717) is 12.5 Å². The van der Waals surface area contributed by atoms with Crippen molar-refractivity contribution in [2.45, 2.75) is 51.2 Å². The van der Waals surface area contributed by atoms with Crippen molar-refractivity contribution in [3.8, 4) is 0 Å². The first-order chi connectivity index (χ1) is 16.2. The second-order valence-corrected chi connectivity index (χ2v) is 8.95. The third kappa shape index (κ3) is 6.78. The molecule has 1 aromatic carbocycles. The van der Waals surface area contributed by atoms with Crippen molar-refractivity contribution in [1.82, 2.24) is 25.4 Å². The minimum atomic E-state index is 0.245. The number of aliphatic imine (C=N–C) groups is 1. The number of carbonyl (C=O) groups excluding carboxylic acids is 1. The Morgan fingerprint density at radius 2 is 1.88 bits per heavy atom. The molecule has 2 aliphatic heterocycles. The van der Waals surface area contributed by atoms with Gasteiger partial charge >= 0.3 is 0 Å². The standard InChI is InChI=1S/C26H36N6O/c1-27-26(30-23-12-16-31(17-13-23)20-24-9-4-5-14-28-24)29-15-6-10-25(33)32-18-11-21-7-2-3-8-22(21)19-32/h2-5,7-9,14,23H,6,10-13,15-20H2,1H3,(H2,27,29,30). The summed E-state index contributed by atoms with van der Waals surface area (Å²) >= 11 is 0. The zero-order valence-corrected chi connectivity index (χ0v) is 19.7. The van der Waals surface area contributed by atoms with Crippen molar-refractivity contribution < 1.29 is 4.79 Å². The molecule has 2 aromatic rings. The predicted molar refractivity (Wildman–Crippen MR) is 132 cm³/mol. The Morgan fingerprint density at radius 1 is 1.09 bits per heavy atom. The van der Waals surface area contributed by atoms with Gasteiger partial charge in [0, 0.05) is 65.0 Å². The van der Waals surface area contributed by atoms with Crippen LogP contribution in [0.1, 0.15) is 42.5 Å². The van der Waals surface area contributed by atoms with Crippen LogP contribution in [-0.4, -0.2) is 65.9 Å². The Morgan fingerprint density at radius 3 is 2.64 bits per heavy atom. The number of nitrogens with zero attached hydrogens (tertiary/aromatic N) is 4. The third-order valence-corrected chi connectivity index (χ3v) is 6.61. The lowest BCUT2D eigenvalue weighted by atomic mass is 9.99. The van der Waals surface area contributed by atoms with Gasteiger partial charge in [-0.25, -0.2) is 0 Å². The summed E-state index contributed by atoms with van der Waals surface area (Å²) in [6.45, 7) is 5.33. The summed E-state index contributed by atoms with van der Waals surface area (Å²) in [5.74, 6) is 1.08. The van der Waals surface area contributed by atoms with E-state index in [2.05, 4.69) is 55.8 Å². The van der Waals surface area contributed by atoms with E-state index in [9.17, 15) is 4.79 Å². The van der Waals surface area contributed by atoms with Crippen LogP contribution in [0, 0.1) is 0 Å². The molecule has 176 valence electrons. The molecule has 0 radical (unpaired) electrons. The highest BCUT2D eigenvalue weighted by molar-refractivity contribution is 5.80. The molecule has 0 atom stereocenters. The van der Waals surface area contributed by atoms with Crippen molar-refractivity contribution in [2.24, 2.45) is 4.99 Å². The highest BCUT2D eigenvalue weighted by Crippen LogP contribution is 2.19. The van der Waals surface area contributed by atoms with Crippen LogP contribution < -0.4 is 10.6 Å². The van der Waals surface area contributed by atoms with E-state index in [1.165, 1.54) is 11.1 Å². The van der Waals surface area contributed by atoms with Crippen LogP contribution in [0.4, 0.5) is 0 Å². The topological polar surface area (TPSA) is 72.9 Å². The fraction of sp³-hybridized carbons (Fsp3) is 0.500. The number of hydrogen-bond donors (Lipinski definition) is 2. The smallest absolute Gasteiger partial charge is 0.222 e. The van der Waals surface area contributed by atoms with Crippen molar-refractivity contribution >= 4 is 11.9 Å². The van der Waals surface area contributed by atoms with Gasteiger partial charge in [0.25, 0.3) is 0 Å². The highest BCUT2D eigenvalue weighted by atomic mass is 16.2. The maximum absolute atomic E-state index is 12.6. The average molecular weight is 449 g/mol. The molecular formula is C26H36N6O. The molecule has 0 saturated carbocycles. The largest absolute Gasteiger partial charge is 0.356 e. The van der Waals surface area contributed by atoms with Crippen molar-refractivity contribution in [3.63, 3.8) is 0 Å². The predicted octanol–water partition coefficient (Wildman–Crippen LogP) is 2.58. The molecule has 2 aliphatic rings. The number of fused-ring (bicyclic) bond motifs is 1. The van der Waals surface area contributed by atoms with E-state index in [1.807, 2.05) is 30.3 Å². The summed E-state index contributed by atoms with van der Waals surface area (Å²) in [4.78, 5) is 25.9. The van der Waals surface area contributed by atoms with Gasteiger partial charge in [-0.2, -0.15) is 0 Å². The summed E-state index contributed by atoms with van der Waals surface area (Å²) in [5.41, 5.74) is 3.79. The van der Waals surface area contributed by atoms with Crippen LogP contribution in [0.15, 0.2) is 53.7 Å². The summed E-state index contributed by atoms with van der Waals surface area (Å²) in [7, 11) is 1.81. The Balaban J connectivity index is 1.12. The highest BCUT2D eigenvalue weighted by Gasteiger charge is 2.21. The van der Waals surface area contributed by atoms with Crippen molar-refractivity contribution in [2.75, 3.05) is 33.2 Å². The molecule has 1 amide bonds. The summed E-state index contributed by atoms with van der Waals surface area (Å²) in [6.07, 6.45) is 6.36. The molecule has 4 rings (SSSR count). The van der Waals surface area contributed by atoms with Gasteiger partial charge < -0.3 is 15.5 Å². The number of piperidine rings is 1. The lowest BCUT2D eigenvalue weighted by molar-refractivity contribution is -0.132. The van der Waals surface area contributed by atoms with Crippen LogP contribution in [0.5, 0.6) is 0 Å². The number of pyridine rings is 1. The molecule has 1 saturated heterocycles. The van der Waals surface area contributed by atoms with Crippen LogP contribution in [0.3, 0.4) is 0 Å². The Kier molecular flexibility index (Phi) is 8.30. The maximum atomic E-state index is 12.6. The van der Waals surface area contributed by atoms with Gasteiger partial charge in [0.1, 0.15) is 0 Å². The Hall–Kier alpha value is -2.93. The van der Waals surface area contributed by atoms with Crippen LogP contribution in [-0.2, 0) is 24.3 Å². The number of rotatable bonds is 7. The van der Waals surface area contributed by atoms with E-state index >= 15 is 0 Å². The van der Waals surface area contributed by atoms with Crippen molar-refractivity contribution in [1.29, 1.82) is 0 Å². The number of guanidine groups is 1. The van der Waals surface area contributed by atoms with Gasteiger partial charge in [0.15, 0.2) is 5.96 Å². The molecule has 3 heterocycles. The second-order valence-electron chi connectivity index (χ2n) is 8.95. The fourth-order valence-electron chi connectivity index (χ4n) is 4.66. The monoisotopic (exact) mass is 448 g/mol. The molecule has 1 aromatic heterocycles. The molecule has 2 N–H and O–H groups in total. The van der Waals surface area contributed by atoms with Gasteiger partial charge in [-0.05, 0) is 48.9 Å². The molecule has 7 heteroatoms. The van der Waals surface area contributed by atoms with Crippen LogP contribution >= 0.6 is 0 Å². The van der Waals surface area contributed by atoms with Gasteiger partial charge in [0.05, 0.1) is 5.69 Å². The van der Waals surface area contributed by atoms with E-state index in [-0.39, 0.29) is 5.91 Å². The Bertz CT molecular complexity index is 923. The number of nitrogens with one attached hydrogen (secondary N) is 2. The van der Waals surface area contributed by atoms with E-state index in [0.717, 1.165) is 76.6 Å². The first kappa shape index (κ1) is 23.2. The number of amides is 1. The van der Waals surface area contributed by atoms with Crippen LogP contribution in [0.2, 0.25) is 0 Å². The molecule has 7 nitrogen and oxygen atoms in total. The lowest BCUT2D eigenvalue weighted by Crippen LogP contribution is -2.48. The Labute approximate surface area is 197 Å². The molecule has 0 aliphatic carbocycles. The number of carbonyl (C=O) groups is 1. The summed E-state index contributed by atoms with van der Waals surface area (Å²) in [6, 6.07) is 15.0. The number of aromatic nitrogens is 1. The maximum Gasteiger partial charge on any atom is 0.222 e. The van der Waals surface area contributed by atoms with Gasteiger partial charge in [0.2, 0.25) is 5.91 Å². The molecule has 0 unspecified atom stereocenters. The van der Waals surface area contributed by atoms with Gasteiger partial charge in [-0.15, -0.1) is 0 Å². The van der Waals surface area contributed by atoms with E-state index in [4.69, 9.17) is 0 Å². The zero-order chi connectivity index (χ0) is 22.9. The summed E-state index contributed by atoms with van der Waals surface area (Å²) in [5, 5.41) is 6.94. The van der Waals surface area contributed by atoms with E-state index < -0.39 is 0 Å². The number of likely N-dealkylation sites (tertiary alicyclic amines) is 1. The normalized spacial score (nSPS) is 17.5. The van der Waals surface area contributed by atoms with E-state index in [1.54, 1.807) is 0 Å². The second kappa shape index (κ2) is 11.8. The minimum absolute atomic E-state index is 0.245. The van der Waals surface area contributed by atoms with Crippen LogP contribution in [0.25, 0.3) is 0 Å². The SMILES string of the molecule is CN=C(NCCCC(=O)N1CCc2ccccc2C1)NC1CCN(Cc2ccccn2)CC1. The fourth-order valence-corrected chi connectivity index (χ4v) is 4.66. The first-order valence-electron chi connectivity index (χ1n) is 12.2. The van der Waals surface area contributed by atoms with Gasteiger partial charge in [-0.1, -0.05) is 30.3 Å². The zero-order valence-electron chi connectivity index (χ0n) is 19.7. The molecular weight excluding hydrogens is 412 g/mol. The average Bonchev–Trinajstić information content (AvgIpc) is 2.87. The molecule has 1 fully saturated rings. The first-order valence-corrected chi connectivity index (χ1v) is 12.2. The lowest BCUT2D eigenvalue weighted by Gasteiger charge is -2.32. The minimum Gasteiger partial charge on any atom is -0.356 e. The number of benzene rings is 1. The molecule has 0 bridgehead atoms. The molecule has 0 spiro atoms.